The fraction of sp³-hybridized carbons (Fsp3) is 0.467. The molecule has 0 radical (unpaired) electrons. The quantitative estimate of drug-likeness (QED) is 0.797. The van der Waals surface area contributed by atoms with E-state index in [0.717, 1.165) is 27.6 Å². The normalized spacial score (nSPS) is 28.9. The van der Waals surface area contributed by atoms with E-state index >= 15 is 0 Å². The minimum atomic E-state index is 0.536. The smallest absolute Gasteiger partial charge is 0.178 e. The molecule has 0 spiro atoms. The van der Waals surface area contributed by atoms with Crippen molar-refractivity contribution in [3.63, 3.8) is 0 Å². The summed E-state index contributed by atoms with van der Waals surface area (Å²) in [5.41, 5.74) is 2.69. The number of nitriles is 1. The molecule has 0 saturated heterocycles. The first-order valence-corrected chi connectivity index (χ1v) is 7.32. The van der Waals surface area contributed by atoms with Crippen LogP contribution in [0.25, 0.3) is 11.0 Å². The van der Waals surface area contributed by atoms with Crippen LogP contribution in [0.1, 0.15) is 37.3 Å². The maximum absolute atomic E-state index is 9.19. The molecular weight excluding hydrogens is 254 g/mol. The number of hydrogen-bond donors (Lipinski definition) is 1. The van der Waals surface area contributed by atoms with Crippen molar-refractivity contribution in [3.8, 4) is 6.07 Å². The number of imidazole rings is 1. The SMILES string of the molecule is N#Cc1cccc2c1[nH]c(=S)n2C1CC2CCC1C2. The van der Waals surface area contributed by atoms with Crippen molar-refractivity contribution < 1.29 is 0 Å². The molecule has 0 amide bonds. The van der Waals surface area contributed by atoms with Crippen LogP contribution in [0.3, 0.4) is 0 Å². The number of aromatic nitrogens is 2. The first kappa shape index (κ1) is 11.2. The van der Waals surface area contributed by atoms with Crippen LogP contribution in [0.2, 0.25) is 0 Å². The number of nitrogens with one attached hydrogen (secondary N) is 1. The standard InChI is InChI=1S/C15H15N3S/c16-8-11-2-1-3-12-14(11)17-15(19)18(12)13-7-9-4-5-10(13)6-9/h1-3,9-10,13H,4-7H2,(H,17,19). The average molecular weight is 269 g/mol. The molecule has 1 aromatic carbocycles. The molecule has 2 saturated carbocycles. The molecule has 96 valence electrons. The molecule has 2 fully saturated rings. The minimum absolute atomic E-state index is 0.536. The molecule has 2 aliphatic carbocycles. The summed E-state index contributed by atoms with van der Waals surface area (Å²) < 4.78 is 3.05. The van der Waals surface area contributed by atoms with E-state index in [1.165, 1.54) is 25.7 Å². The molecule has 2 aromatic rings. The van der Waals surface area contributed by atoms with E-state index in [1.54, 1.807) is 0 Å². The Hall–Kier alpha value is -1.60. The molecule has 3 atom stereocenters. The number of aromatic amines is 1. The number of fused-ring (bicyclic) bond motifs is 3. The van der Waals surface area contributed by atoms with Gasteiger partial charge in [-0.25, -0.2) is 0 Å². The van der Waals surface area contributed by atoms with Crippen molar-refractivity contribution in [1.29, 1.82) is 5.26 Å². The van der Waals surface area contributed by atoms with Gasteiger partial charge < -0.3 is 9.55 Å². The Kier molecular flexibility index (Phi) is 2.33. The number of nitrogens with zero attached hydrogens (tertiary/aromatic N) is 2. The van der Waals surface area contributed by atoms with Crippen LogP contribution in [0.15, 0.2) is 18.2 Å². The van der Waals surface area contributed by atoms with Crippen molar-refractivity contribution in [1.82, 2.24) is 9.55 Å². The summed E-state index contributed by atoms with van der Waals surface area (Å²) in [6, 6.07) is 8.66. The Bertz CT molecular complexity index is 749. The molecule has 2 aliphatic rings. The van der Waals surface area contributed by atoms with Crippen LogP contribution in [-0.4, -0.2) is 9.55 Å². The maximum atomic E-state index is 9.19. The average Bonchev–Trinajstić information content (AvgIpc) is 3.09. The molecule has 19 heavy (non-hydrogen) atoms. The summed E-state index contributed by atoms with van der Waals surface area (Å²) in [6.07, 6.45) is 5.34. The molecule has 4 rings (SSSR count). The molecule has 2 bridgehead atoms. The van der Waals surface area contributed by atoms with E-state index in [-0.39, 0.29) is 0 Å². The van der Waals surface area contributed by atoms with Crippen molar-refractivity contribution >= 4 is 23.3 Å². The highest BCUT2D eigenvalue weighted by Gasteiger charge is 2.41. The summed E-state index contributed by atoms with van der Waals surface area (Å²) >= 11 is 5.51. The number of hydrogen-bond acceptors (Lipinski definition) is 2. The first-order valence-electron chi connectivity index (χ1n) is 6.91. The molecule has 1 aromatic heterocycles. The fourth-order valence-electron chi connectivity index (χ4n) is 4.10. The van der Waals surface area contributed by atoms with Gasteiger partial charge in [0.05, 0.1) is 16.6 Å². The highest BCUT2D eigenvalue weighted by Crippen LogP contribution is 2.51. The summed E-state index contributed by atoms with van der Waals surface area (Å²) in [5, 5.41) is 9.19. The summed E-state index contributed by atoms with van der Waals surface area (Å²) in [6.45, 7) is 0. The van der Waals surface area contributed by atoms with Gasteiger partial charge in [-0.15, -0.1) is 0 Å². The topological polar surface area (TPSA) is 44.5 Å². The Labute approximate surface area is 116 Å². The zero-order valence-electron chi connectivity index (χ0n) is 10.6. The highest BCUT2D eigenvalue weighted by molar-refractivity contribution is 7.71. The van der Waals surface area contributed by atoms with Crippen LogP contribution in [-0.2, 0) is 0 Å². The zero-order valence-corrected chi connectivity index (χ0v) is 11.4. The lowest BCUT2D eigenvalue weighted by molar-refractivity contribution is 0.333. The second-order valence-corrected chi connectivity index (χ2v) is 6.24. The zero-order chi connectivity index (χ0) is 13.0. The van der Waals surface area contributed by atoms with Crippen LogP contribution < -0.4 is 0 Å². The van der Waals surface area contributed by atoms with Crippen LogP contribution in [0, 0.1) is 27.9 Å². The third-order valence-corrected chi connectivity index (χ3v) is 5.20. The highest BCUT2D eigenvalue weighted by atomic mass is 32.1. The molecule has 4 heteroatoms. The molecular formula is C15H15N3S. The molecule has 3 unspecified atom stereocenters. The number of rotatable bonds is 1. The Morgan fingerprint density at radius 2 is 2.21 bits per heavy atom. The number of H-pyrrole nitrogens is 1. The van der Waals surface area contributed by atoms with Gasteiger partial charge in [-0.05, 0) is 55.4 Å². The largest absolute Gasteiger partial charge is 0.329 e. The monoisotopic (exact) mass is 269 g/mol. The van der Waals surface area contributed by atoms with Crippen molar-refractivity contribution in [2.45, 2.75) is 31.7 Å². The van der Waals surface area contributed by atoms with Gasteiger partial charge in [-0.2, -0.15) is 5.26 Å². The van der Waals surface area contributed by atoms with Gasteiger partial charge in [0, 0.05) is 6.04 Å². The van der Waals surface area contributed by atoms with Crippen LogP contribution in [0.5, 0.6) is 0 Å². The Balaban J connectivity index is 1.93. The Morgan fingerprint density at radius 3 is 2.89 bits per heavy atom. The summed E-state index contributed by atoms with van der Waals surface area (Å²) in [5.74, 6) is 1.67. The lowest BCUT2D eigenvalue weighted by Gasteiger charge is -2.23. The predicted molar refractivity (Wildman–Crippen MR) is 76.3 cm³/mol. The third-order valence-electron chi connectivity index (χ3n) is 4.91. The van der Waals surface area contributed by atoms with Gasteiger partial charge in [-0.1, -0.05) is 12.5 Å². The van der Waals surface area contributed by atoms with E-state index in [4.69, 9.17) is 12.2 Å². The van der Waals surface area contributed by atoms with E-state index in [0.29, 0.717) is 11.6 Å². The molecule has 3 nitrogen and oxygen atoms in total. The second kappa shape index (κ2) is 3.94. The van der Waals surface area contributed by atoms with Gasteiger partial charge >= 0.3 is 0 Å². The minimum Gasteiger partial charge on any atom is -0.329 e. The van der Waals surface area contributed by atoms with E-state index in [2.05, 4.69) is 21.7 Å². The van der Waals surface area contributed by atoms with E-state index in [1.807, 2.05) is 12.1 Å². The number of benzene rings is 1. The second-order valence-electron chi connectivity index (χ2n) is 5.85. The fourth-order valence-corrected chi connectivity index (χ4v) is 4.43. The number of para-hydroxylation sites is 1. The molecule has 1 N–H and O–H groups in total. The predicted octanol–water partition coefficient (Wildman–Crippen LogP) is 3.93. The first-order chi connectivity index (χ1) is 9.28. The van der Waals surface area contributed by atoms with E-state index in [9.17, 15) is 5.26 Å². The maximum Gasteiger partial charge on any atom is 0.178 e. The lowest BCUT2D eigenvalue weighted by Crippen LogP contribution is -2.16. The van der Waals surface area contributed by atoms with Crippen LogP contribution in [0.4, 0.5) is 0 Å². The van der Waals surface area contributed by atoms with Gasteiger partial charge in [0.2, 0.25) is 0 Å². The third kappa shape index (κ3) is 1.51. The van der Waals surface area contributed by atoms with Crippen LogP contribution >= 0.6 is 12.2 Å². The Morgan fingerprint density at radius 1 is 1.32 bits per heavy atom. The van der Waals surface area contributed by atoms with Gasteiger partial charge in [0.25, 0.3) is 0 Å². The molecule has 1 heterocycles. The van der Waals surface area contributed by atoms with Gasteiger partial charge in [0.15, 0.2) is 4.77 Å². The van der Waals surface area contributed by atoms with E-state index < -0.39 is 0 Å². The lowest BCUT2D eigenvalue weighted by atomic mass is 9.95. The van der Waals surface area contributed by atoms with Gasteiger partial charge in [-0.3, -0.25) is 0 Å². The summed E-state index contributed by atoms with van der Waals surface area (Å²) in [7, 11) is 0. The van der Waals surface area contributed by atoms with Crippen molar-refractivity contribution in [3.05, 3.63) is 28.5 Å². The van der Waals surface area contributed by atoms with Crippen molar-refractivity contribution in [2.75, 3.05) is 0 Å². The van der Waals surface area contributed by atoms with Crippen molar-refractivity contribution in [2.24, 2.45) is 11.8 Å². The van der Waals surface area contributed by atoms with Gasteiger partial charge in [0.1, 0.15) is 6.07 Å². The molecule has 0 aliphatic heterocycles. The summed E-state index contributed by atoms with van der Waals surface area (Å²) in [4.78, 5) is 3.24.